The minimum atomic E-state index is -0.533. The van der Waals surface area contributed by atoms with Gasteiger partial charge in [-0.05, 0) is 33.6 Å². The first-order chi connectivity index (χ1) is 8.71. The number of carbonyl (C=O) groups excluding carboxylic acids is 2. The van der Waals surface area contributed by atoms with Gasteiger partial charge in [0.05, 0.1) is 13.2 Å². The molecular formula is C14H27NO4. The molecule has 0 radical (unpaired) electrons. The van der Waals surface area contributed by atoms with Crippen LogP contribution in [0.5, 0.6) is 0 Å². The van der Waals surface area contributed by atoms with E-state index in [0.29, 0.717) is 6.61 Å². The molecule has 1 N–H and O–H groups in total. The number of nitrogens with one attached hydrogen (secondary N) is 1. The van der Waals surface area contributed by atoms with Crippen LogP contribution in [-0.4, -0.2) is 36.7 Å². The van der Waals surface area contributed by atoms with Crippen molar-refractivity contribution in [3.63, 3.8) is 0 Å². The number of esters is 2. The number of rotatable bonds is 7. The molecule has 0 aliphatic rings. The first kappa shape index (κ1) is 17.9. The van der Waals surface area contributed by atoms with Gasteiger partial charge >= 0.3 is 11.9 Å². The van der Waals surface area contributed by atoms with Crippen molar-refractivity contribution in [1.29, 1.82) is 0 Å². The molecule has 2 unspecified atom stereocenters. The fraction of sp³-hybridized carbons (Fsp3) is 0.857. The van der Waals surface area contributed by atoms with Crippen LogP contribution in [0.2, 0.25) is 0 Å². The third-order valence-electron chi connectivity index (χ3n) is 2.65. The highest BCUT2D eigenvalue weighted by Gasteiger charge is 2.29. The monoisotopic (exact) mass is 273 g/mol. The van der Waals surface area contributed by atoms with Gasteiger partial charge in [-0.3, -0.25) is 14.9 Å². The van der Waals surface area contributed by atoms with Gasteiger partial charge in [-0.2, -0.15) is 0 Å². The molecule has 0 heterocycles. The van der Waals surface area contributed by atoms with E-state index < -0.39 is 11.6 Å². The predicted molar refractivity (Wildman–Crippen MR) is 73.7 cm³/mol. The van der Waals surface area contributed by atoms with Crippen molar-refractivity contribution in [2.45, 2.75) is 59.6 Å². The summed E-state index contributed by atoms with van der Waals surface area (Å²) in [5, 5.41) is 2.93. The van der Waals surface area contributed by atoms with Crippen LogP contribution < -0.4 is 5.32 Å². The maximum atomic E-state index is 12.1. The standard InChI is InChI=1S/C14H27NO4/c1-7-10(3)12(13(17)19-14(4,5)6)15-9-11(16)18-8-2/h10,12,15H,7-9H2,1-6H3. The maximum absolute atomic E-state index is 12.1. The molecular weight excluding hydrogens is 246 g/mol. The second kappa shape index (κ2) is 8.15. The van der Waals surface area contributed by atoms with Crippen LogP contribution in [0, 0.1) is 5.92 Å². The lowest BCUT2D eigenvalue weighted by Gasteiger charge is -2.27. The maximum Gasteiger partial charge on any atom is 0.323 e. The fourth-order valence-electron chi connectivity index (χ4n) is 1.52. The lowest BCUT2D eigenvalue weighted by Crippen LogP contribution is -2.47. The normalized spacial score (nSPS) is 14.6. The molecule has 0 aliphatic carbocycles. The SMILES string of the molecule is CCOC(=O)CNC(C(=O)OC(C)(C)C)C(C)CC. The minimum Gasteiger partial charge on any atom is -0.465 e. The molecule has 5 heteroatoms. The second-order valence-electron chi connectivity index (χ2n) is 5.58. The van der Waals surface area contributed by atoms with Gasteiger partial charge in [0.1, 0.15) is 11.6 Å². The van der Waals surface area contributed by atoms with E-state index in [4.69, 9.17) is 9.47 Å². The molecule has 0 saturated heterocycles. The number of ether oxygens (including phenoxy) is 2. The molecule has 0 aromatic carbocycles. The zero-order valence-corrected chi connectivity index (χ0v) is 12.9. The van der Waals surface area contributed by atoms with Crippen molar-refractivity contribution in [3.8, 4) is 0 Å². The summed E-state index contributed by atoms with van der Waals surface area (Å²) in [6.07, 6.45) is 0.819. The van der Waals surface area contributed by atoms with Gasteiger partial charge < -0.3 is 9.47 Å². The molecule has 0 amide bonds. The van der Waals surface area contributed by atoms with Gasteiger partial charge in [-0.15, -0.1) is 0 Å². The lowest BCUT2D eigenvalue weighted by molar-refractivity contribution is -0.159. The molecule has 0 bridgehead atoms. The third kappa shape index (κ3) is 7.82. The second-order valence-corrected chi connectivity index (χ2v) is 5.58. The van der Waals surface area contributed by atoms with Crippen LogP contribution in [0.15, 0.2) is 0 Å². The van der Waals surface area contributed by atoms with Crippen molar-refractivity contribution >= 4 is 11.9 Å². The number of hydrogen-bond donors (Lipinski definition) is 1. The van der Waals surface area contributed by atoms with Gasteiger partial charge in [0.2, 0.25) is 0 Å². The highest BCUT2D eigenvalue weighted by molar-refractivity contribution is 5.78. The van der Waals surface area contributed by atoms with Crippen LogP contribution in [-0.2, 0) is 19.1 Å². The fourth-order valence-corrected chi connectivity index (χ4v) is 1.52. The molecule has 2 atom stereocenters. The quantitative estimate of drug-likeness (QED) is 0.718. The average Bonchev–Trinajstić information content (AvgIpc) is 2.26. The van der Waals surface area contributed by atoms with Crippen molar-refractivity contribution in [1.82, 2.24) is 5.32 Å². The molecule has 0 aromatic rings. The first-order valence-electron chi connectivity index (χ1n) is 6.83. The molecule has 0 fully saturated rings. The largest absolute Gasteiger partial charge is 0.465 e. The Labute approximate surface area is 116 Å². The van der Waals surface area contributed by atoms with Gasteiger partial charge in [0, 0.05) is 0 Å². The van der Waals surface area contributed by atoms with Crippen molar-refractivity contribution in [3.05, 3.63) is 0 Å². The summed E-state index contributed by atoms with van der Waals surface area (Å²) in [5.74, 6) is -0.602. The lowest BCUT2D eigenvalue weighted by atomic mass is 9.99. The summed E-state index contributed by atoms with van der Waals surface area (Å²) >= 11 is 0. The summed E-state index contributed by atoms with van der Waals surface area (Å²) in [6.45, 7) is 11.5. The molecule has 0 saturated carbocycles. The van der Waals surface area contributed by atoms with E-state index in [1.165, 1.54) is 0 Å². The Kier molecular flexibility index (Phi) is 7.68. The first-order valence-corrected chi connectivity index (χ1v) is 6.83. The summed E-state index contributed by atoms with van der Waals surface area (Å²) in [4.78, 5) is 23.4. The Bertz CT molecular complexity index is 296. The Balaban J connectivity index is 4.55. The van der Waals surface area contributed by atoms with Crippen LogP contribution in [0.25, 0.3) is 0 Å². The molecule has 0 aliphatic heterocycles. The van der Waals surface area contributed by atoms with Crippen molar-refractivity contribution in [2.24, 2.45) is 5.92 Å². The van der Waals surface area contributed by atoms with Crippen LogP contribution in [0.4, 0.5) is 0 Å². The number of carbonyl (C=O) groups is 2. The van der Waals surface area contributed by atoms with E-state index in [1.54, 1.807) is 6.92 Å². The zero-order valence-electron chi connectivity index (χ0n) is 12.9. The molecule has 112 valence electrons. The van der Waals surface area contributed by atoms with E-state index in [0.717, 1.165) is 6.42 Å². The molecule has 19 heavy (non-hydrogen) atoms. The van der Waals surface area contributed by atoms with Crippen molar-refractivity contribution in [2.75, 3.05) is 13.2 Å². The van der Waals surface area contributed by atoms with Gasteiger partial charge in [0.15, 0.2) is 0 Å². The molecule has 0 aromatic heterocycles. The highest BCUT2D eigenvalue weighted by Crippen LogP contribution is 2.14. The Hall–Kier alpha value is -1.10. The highest BCUT2D eigenvalue weighted by atomic mass is 16.6. The summed E-state index contributed by atoms with van der Waals surface area (Å²) < 4.78 is 10.2. The van der Waals surface area contributed by atoms with Gasteiger partial charge in [0.25, 0.3) is 0 Å². The summed E-state index contributed by atoms with van der Waals surface area (Å²) in [5.41, 5.74) is -0.533. The van der Waals surface area contributed by atoms with E-state index >= 15 is 0 Å². The van der Waals surface area contributed by atoms with Crippen LogP contribution >= 0.6 is 0 Å². The Morgan fingerprint density at radius 1 is 1.21 bits per heavy atom. The van der Waals surface area contributed by atoms with Crippen LogP contribution in [0.1, 0.15) is 48.0 Å². The van der Waals surface area contributed by atoms with Gasteiger partial charge in [-0.1, -0.05) is 20.3 Å². The van der Waals surface area contributed by atoms with Crippen molar-refractivity contribution < 1.29 is 19.1 Å². The summed E-state index contributed by atoms with van der Waals surface area (Å²) in [7, 11) is 0. The van der Waals surface area contributed by atoms with E-state index in [9.17, 15) is 9.59 Å². The third-order valence-corrected chi connectivity index (χ3v) is 2.65. The minimum absolute atomic E-state index is 0.0160. The van der Waals surface area contributed by atoms with E-state index in [2.05, 4.69) is 5.32 Å². The zero-order chi connectivity index (χ0) is 15.1. The van der Waals surface area contributed by atoms with Crippen LogP contribution in [0.3, 0.4) is 0 Å². The topological polar surface area (TPSA) is 64.6 Å². The molecule has 0 spiro atoms. The van der Waals surface area contributed by atoms with E-state index in [-0.39, 0.29) is 24.4 Å². The van der Waals surface area contributed by atoms with Gasteiger partial charge in [-0.25, -0.2) is 0 Å². The number of hydrogen-bond acceptors (Lipinski definition) is 5. The molecule has 0 rings (SSSR count). The average molecular weight is 273 g/mol. The van der Waals surface area contributed by atoms with E-state index in [1.807, 2.05) is 34.6 Å². The smallest absolute Gasteiger partial charge is 0.323 e. The predicted octanol–water partition coefficient (Wildman–Crippen LogP) is 1.90. The molecule has 5 nitrogen and oxygen atoms in total. The summed E-state index contributed by atoms with van der Waals surface area (Å²) in [6, 6.07) is -0.492. The Morgan fingerprint density at radius 2 is 1.79 bits per heavy atom. The Morgan fingerprint density at radius 3 is 2.21 bits per heavy atom.